The molecule has 184 valence electrons. The molecular formula is C28H30F2N2O3. The van der Waals surface area contributed by atoms with Gasteiger partial charge in [0.15, 0.2) is 18.2 Å². The summed E-state index contributed by atoms with van der Waals surface area (Å²) in [6.07, 6.45) is 2.01. The number of halogens is 2. The minimum atomic E-state index is -0.837. The summed E-state index contributed by atoms with van der Waals surface area (Å²) in [5.41, 5.74) is 1.54. The summed E-state index contributed by atoms with van der Waals surface area (Å²) in [7, 11) is 0. The molecule has 0 saturated heterocycles. The summed E-state index contributed by atoms with van der Waals surface area (Å²) in [6, 6.07) is 20.1. The Morgan fingerprint density at radius 3 is 2.29 bits per heavy atom. The Morgan fingerprint density at radius 1 is 0.914 bits per heavy atom. The fourth-order valence-electron chi connectivity index (χ4n) is 3.63. The van der Waals surface area contributed by atoms with Crippen LogP contribution in [0.1, 0.15) is 30.9 Å². The molecule has 3 rings (SSSR count). The van der Waals surface area contributed by atoms with Crippen molar-refractivity contribution in [1.82, 2.24) is 10.2 Å². The number of unbranched alkanes of at least 4 members (excludes halogenated alkanes) is 1. The quantitative estimate of drug-likeness (QED) is 0.375. The number of carbonyl (C=O) groups is 2. The Hall–Kier alpha value is -3.74. The maximum Gasteiger partial charge on any atom is 0.261 e. The number of hydrogen-bond acceptors (Lipinski definition) is 3. The van der Waals surface area contributed by atoms with Crippen LogP contribution in [0, 0.1) is 11.6 Å². The highest BCUT2D eigenvalue weighted by atomic mass is 19.1. The zero-order chi connectivity index (χ0) is 25.0. The lowest BCUT2D eigenvalue weighted by molar-refractivity contribution is -0.142. The summed E-state index contributed by atoms with van der Waals surface area (Å²) in [5.74, 6) is -1.79. The van der Waals surface area contributed by atoms with Crippen molar-refractivity contribution in [2.75, 3.05) is 13.2 Å². The van der Waals surface area contributed by atoms with Gasteiger partial charge in [-0.05, 0) is 41.8 Å². The summed E-state index contributed by atoms with van der Waals surface area (Å²) in [6.45, 7) is 2.14. The second kappa shape index (κ2) is 13.2. The zero-order valence-corrected chi connectivity index (χ0v) is 19.8. The molecule has 0 aliphatic carbocycles. The molecular weight excluding hydrogens is 450 g/mol. The summed E-state index contributed by atoms with van der Waals surface area (Å²) < 4.78 is 33.0. The lowest BCUT2D eigenvalue weighted by Crippen LogP contribution is -2.51. The van der Waals surface area contributed by atoms with E-state index in [2.05, 4.69) is 5.32 Å². The molecule has 0 aliphatic rings. The maximum atomic E-state index is 14.0. The fourth-order valence-corrected chi connectivity index (χ4v) is 3.63. The van der Waals surface area contributed by atoms with Crippen molar-refractivity contribution in [3.8, 4) is 5.75 Å². The van der Waals surface area contributed by atoms with Crippen molar-refractivity contribution < 1.29 is 23.1 Å². The van der Waals surface area contributed by atoms with Crippen molar-refractivity contribution in [1.29, 1.82) is 0 Å². The van der Waals surface area contributed by atoms with E-state index in [1.165, 1.54) is 35.2 Å². The van der Waals surface area contributed by atoms with Gasteiger partial charge >= 0.3 is 0 Å². The Balaban J connectivity index is 1.88. The van der Waals surface area contributed by atoms with Crippen molar-refractivity contribution in [2.45, 2.75) is 38.8 Å². The van der Waals surface area contributed by atoms with E-state index in [1.54, 1.807) is 18.2 Å². The number of nitrogens with zero attached hydrogens (tertiary/aromatic N) is 1. The lowest BCUT2D eigenvalue weighted by atomic mass is 10.0. The minimum Gasteiger partial charge on any atom is -0.481 e. The number of carbonyl (C=O) groups excluding carboxylic acids is 2. The summed E-state index contributed by atoms with van der Waals surface area (Å²) in [5, 5.41) is 2.92. The largest absolute Gasteiger partial charge is 0.481 e. The third-order valence-corrected chi connectivity index (χ3v) is 5.55. The van der Waals surface area contributed by atoms with E-state index >= 15 is 0 Å². The molecule has 5 nitrogen and oxygen atoms in total. The molecule has 0 radical (unpaired) electrons. The Bertz CT molecular complexity index is 1090. The van der Waals surface area contributed by atoms with E-state index in [1.807, 2.05) is 37.3 Å². The molecule has 2 amide bonds. The van der Waals surface area contributed by atoms with Gasteiger partial charge in [-0.25, -0.2) is 8.78 Å². The summed E-state index contributed by atoms with van der Waals surface area (Å²) in [4.78, 5) is 28.1. The van der Waals surface area contributed by atoms with Crippen LogP contribution in [-0.2, 0) is 22.6 Å². The Labute approximate surface area is 204 Å². The molecule has 1 atom stereocenters. The third kappa shape index (κ3) is 7.91. The van der Waals surface area contributed by atoms with Crippen LogP contribution in [0.3, 0.4) is 0 Å². The monoisotopic (exact) mass is 480 g/mol. The minimum absolute atomic E-state index is 0.0467. The number of benzene rings is 3. The van der Waals surface area contributed by atoms with E-state index in [9.17, 15) is 18.4 Å². The highest BCUT2D eigenvalue weighted by Gasteiger charge is 2.30. The molecule has 1 N–H and O–H groups in total. The smallest absolute Gasteiger partial charge is 0.261 e. The molecule has 0 aromatic heterocycles. The van der Waals surface area contributed by atoms with Crippen LogP contribution in [0.4, 0.5) is 8.78 Å². The topological polar surface area (TPSA) is 58.6 Å². The van der Waals surface area contributed by atoms with E-state index in [0.29, 0.717) is 12.1 Å². The van der Waals surface area contributed by atoms with Crippen LogP contribution in [0.25, 0.3) is 0 Å². The van der Waals surface area contributed by atoms with Crippen LogP contribution < -0.4 is 10.1 Å². The average molecular weight is 481 g/mol. The highest BCUT2D eigenvalue weighted by molar-refractivity contribution is 5.88. The normalized spacial score (nSPS) is 11.5. The first kappa shape index (κ1) is 25.9. The van der Waals surface area contributed by atoms with Gasteiger partial charge in [-0.2, -0.15) is 0 Å². The molecule has 0 fully saturated rings. The van der Waals surface area contributed by atoms with E-state index < -0.39 is 30.2 Å². The van der Waals surface area contributed by atoms with Gasteiger partial charge in [0.25, 0.3) is 5.91 Å². The van der Waals surface area contributed by atoms with Gasteiger partial charge in [-0.1, -0.05) is 67.9 Å². The van der Waals surface area contributed by atoms with Crippen LogP contribution in [0.5, 0.6) is 5.75 Å². The van der Waals surface area contributed by atoms with Crippen LogP contribution >= 0.6 is 0 Å². The first-order chi connectivity index (χ1) is 17.0. The predicted octanol–water partition coefficient (Wildman–Crippen LogP) is 4.90. The first-order valence-electron chi connectivity index (χ1n) is 11.7. The van der Waals surface area contributed by atoms with E-state index in [0.717, 1.165) is 18.4 Å². The lowest BCUT2D eigenvalue weighted by Gasteiger charge is -2.31. The number of hydrogen-bond donors (Lipinski definition) is 1. The molecule has 0 aliphatic heterocycles. The van der Waals surface area contributed by atoms with E-state index in [4.69, 9.17) is 4.74 Å². The average Bonchev–Trinajstić information content (AvgIpc) is 2.87. The standard InChI is InChI=1S/C28H30F2N2O3/c1-2-3-17-31-28(34)25(18-21-9-5-4-6-10-21)32(19-22-13-15-23(29)16-14-22)27(33)20-35-26-12-8-7-11-24(26)30/h4-16,25H,2-3,17-20H2,1H3,(H,31,34). The molecule has 3 aromatic carbocycles. The van der Waals surface area contributed by atoms with E-state index in [-0.39, 0.29) is 24.6 Å². The molecule has 35 heavy (non-hydrogen) atoms. The molecule has 0 bridgehead atoms. The summed E-state index contributed by atoms with van der Waals surface area (Å²) >= 11 is 0. The van der Waals surface area contributed by atoms with Crippen LogP contribution in [-0.4, -0.2) is 35.9 Å². The van der Waals surface area contributed by atoms with Crippen molar-refractivity contribution in [3.63, 3.8) is 0 Å². The number of para-hydroxylation sites is 1. The number of amides is 2. The van der Waals surface area contributed by atoms with Crippen molar-refractivity contribution in [3.05, 3.63) is 102 Å². The number of rotatable bonds is 12. The van der Waals surface area contributed by atoms with Gasteiger partial charge in [-0.3, -0.25) is 9.59 Å². The van der Waals surface area contributed by atoms with Crippen molar-refractivity contribution >= 4 is 11.8 Å². The van der Waals surface area contributed by atoms with Gasteiger partial charge in [0.05, 0.1) is 0 Å². The zero-order valence-electron chi connectivity index (χ0n) is 19.8. The van der Waals surface area contributed by atoms with Crippen LogP contribution in [0.2, 0.25) is 0 Å². The van der Waals surface area contributed by atoms with Gasteiger partial charge in [0, 0.05) is 19.5 Å². The number of nitrogens with one attached hydrogen (secondary N) is 1. The van der Waals surface area contributed by atoms with Gasteiger partial charge < -0.3 is 15.0 Å². The molecule has 0 heterocycles. The Kier molecular flexibility index (Phi) is 9.78. The van der Waals surface area contributed by atoms with Crippen molar-refractivity contribution in [2.24, 2.45) is 0 Å². The molecule has 0 saturated carbocycles. The molecule has 7 heteroatoms. The number of ether oxygens (including phenoxy) is 1. The second-order valence-electron chi connectivity index (χ2n) is 8.22. The first-order valence-corrected chi connectivity index (χ1v) is 11.7. The second-order valence-corrected chi connectivity index (χ2v) is 8.22. The van der Waals surface area contributed by atoms with Gasteiger partial charge in [0.1, 0.15) is 11.9 Å². The highest BCUT2D eigenvalue weighted by Crippen LogP contribution is 2.18. The van der Waals surface area contributed by atoms with Gasteiger partial charge in [0.2, 0.25) is 5.91 Å². The fraction of sp³-hybridized carbons (Fsp3) is 0.286. The predicted molar refractivity (Wildman–Crippen MR) is 131 cm³/mol. The Morgan fingerprint density at radius 2 is 1.60 bits per heavy atom. The third-order valence-electron chi connectivity index (χ3n) is 5.55. The van der Waals surface area contributed by atoms with Gasteiger partial charge in [-0.15, -0.1) is 0 Å². The molecule has 3 aromatic rings. The SMILES string of the molecule is CCCCNC(=O)C(Cc1ccccc1)N(Cc1ccc(F)cc1)C(=O)COc1ccccc1F. The molecule has 1 unspecified atom stereocenters. The maximum absolute atomic E-state index is 14.0. The molecule has 0 spiro atoms. The van der Waals surface area contributed by atoms with Crippen LogP contribution in [0.15, 0.2) is 78.9 Å².